The first-order chi connectivity index (χ1) is 10.1. The average molecular weight is 300 g/mol. The summed E-state index contributed by atoms with van der Waals surface area (Å²) in [6.07, 6.45) is 3.30. The summed E-state index contributed by atoms with van der Waals surface area (Å²) < 4.78 is 0. The first-order valence-corrected chi connectivity index (χ1v) is 7.37. The molecular weight excluding hydrogens is 284 g/mol. The molecule has 2 amide bonds. The molecular formula is C16H16N2O2S. The van der Waals surface area contributed by atoms with Gasteiger partial charge in [0.05, 0.1) is 0 Å². The molecule has 0 spiro atoms. The molecule has 0 aliphatic heterocycles. The number of rotatable bonds is 5. The minimum absolute atomic E-state index is 0.116. The standard InChI is InChI=1S/C16H16N2O2S/c1-12(19)18-14-5-2-4-13(10-14)11-17-16(20)8-7-15-6-3-9-21-15/h2-10H,11H2,1H3,(H,17,20)(H,18,19). The van der Waals surface area contributed by atoms with E-state index in [9.17, 15) is 9.59 Å². The van der Waals surface area contributed by atoms with Crippen LogP contribution in [0, 0.1) is 0 Å². The molecule has 4 nitrogen and oxygen atoms in total. The number of amides is 2. The molecule has 0 aliphatic carbocycles. The van der Waals surface area contributed by atoms with E-state index in [1.807, 2.05) is 41.8 Å². The molecule has 1 heterocycles. The lowest BCUT2D eigenvalue weighted by atomic mass is 10.2. The van der Waals surface area contributed by atoms with Crippen molar-refractivity contribution in [2.75, 3.05) is 5.32 Å². The Balaban J connectivity index is 1.87. The maximum atomic E-state index is 11.7. The molecule has 21 heavy (non-hydrogen) atoms. The molecule has 0 radical (unpaired) electrons. The van der Waals surface area contributed by atoms with Crippen molar-refractivity contribution in [1.82, 2.24) is 5.32 Å². The van der Waals surface area contributed by atoms with Gasteiger partial charge in [0.15, 0.2) is 0 Å². The number of nitrogens with one attached hydrogen (secondary N) is 2. The molecule has 1 aromatic carbocycles. The van der Waals surface area contributed by atoms with Gasteiger partial charge in [-0.3, -0.25) is 9.59 Å². The SMILES string of the molecule is CC(=O)Nc1cccc(CNC(=O)C=Cc2cccs2)c1. The van der Waals surface area contributed by atoms with Crippen LogP contribution in [0.4, 0.5) is 5.69 Å². The second kappa shape index (κ2) is 7.40. The van der Waals surface area contributed by atoms with Crippen LogP contribution in [0.1, 0.15) is 17.4 Å². The van der Waals surface area contributed by atoms with Gasteiger partial charge in [-0.25, -0.2) is 0 Å². The number of thiophene rings is 1. The van der Waals surface area contributed by atoms with Gasteiger partial charge in [0.2, 0.25) is 11.8 Å². The fraction of sp³-hybridized carbons (Fsp3) is 0.125. The molecule has 0 saturated heterocycles. The zero-order chi connectivity index (χ0) is 15.1. The van der Waals surface area contributed by atoms with E-state index in [2.05, 4.69) is 10.6 Å². The smallest absolute Gasteiger partial charge is 0.244 e. The van der Waals surface area contributed by atoms with Crippen molar-refractivity contribution >= 4 is 34.9 Å². The van der Waals surface area contributed by atoms with Crippen molar-refractivity contribution in [2.24, 2.45) is 0 Å². The molecule has 1 aromatic heterocycles. The zero-order valence-electron chi connectivity index (χ0n) is 11.6. The van der Waals surface area contributed by atoms with Crippen LogP contribution >= 0.6 is 11.3 Å². The van der Waals surface area contributed by atoms with Gasteiger partial charge in [0, 0.05) is 30.1 Å². The first-order valence-electron chi connectivity index (χ1n) is 6.49. The molecule has 108 valence electrons. The van der Waals surface area contributed by atoms with E-state index in [0.29, 0.717) is 6.54 Å². The highest BCUT2D eigenvalue weighted by Crippen LogP contribution is 2.11. The molecule has 0 bridgehead atoms. The van der Waals surface area contributed by atoms with Crippen LogP contribution < -0.4 is 10.6 Å². The normalized spacial score (nSPS) is 10.5. The van der Waals surface area contributed by atoms with E-state index in [0.717, 1.165) is 16.1 Å². The van der Waals surface area contributed by atoms with E-state index in [1.54, 1.807) is 17.4 Å². The van der Waals surface area contributed by atoms with Crippen molar-refractivity contribution in [3.8, 4) is 0 Å². The molecule has 5 heteroatoms. The fourth-order valence-corrected chi connectivity index (χ4v) is 2.37. The van der Waals surface area contributed by atoms with Crippen molar-refractivity contribution < 1.29 is 9.59 Å². The Labute approximate surface area is 127 Å². The highest BCUT2D eigenvalue weighted by molar-refractivity contribution is 7.10. The Morgan fingerprint density at radius 2 is 2.10 bits per heavy atom. The molecule has 2 aromatic rings. The second-order valence-electron chi connectivity index (χ2n) is 4.45. The highest BCUT2D eigenvalue weighted by Gasteiger charge is 2.00. The second-order valence-corrected chi connectivity index (χ2v) is 5.43. The van der Waals surface area contributed by atoms with Gasteiger partial charge in [-0.05, 0) is 35.2 Å². The van der Waals surface area contributed by atoms with Gasteiger partial charge < -0.3 is 10.6 Å². The number of hydrogen-bond donors (Lipinski definition) is 2. The lowest BCUT2D eigenvalue weighted by Crippen LogP contribution is -2.20. The van der Waals surface area contributed by atoms with Crippen LogP contribution in [-0.4, -0.2) is 11.8 Å². The number of anilines is 1. The Hall–Kier alpha value is -2.40. The van der Waals surface area contributed by atoms with Gasteiger partial charge in [-0.2, -0.15) is 0 Å². The van der Waals surface area contributed by atoms with Crippen LogP contribution in [0.2, 0.25) is 0 Å². The molecule has 0 atom stereocenters. The number of carbonyl (C=O) groups excluding carboxylic acids is 2. The topological polar surface area (TPSA) is 58.2 Å². The summed E-state index contributed by atoms with van der Waals surface area (Å²) in [6.45, 7) is 1.88. The van der Waals surface area contributed by atoms with Crippen LogP contribution in [0.5, 0.6) is 0 Å². The number of benzene rings is 1. The van der Waals surface area contributed by atoms with Gasteiger partial charge >= 0.3 is 0 Å². The zero-order valence-corrected chi connectivity index (χ0v) is 12.4. The van der Waals surface area contributed by atoms with Crippen molar-refractivity contribution in [2.45, 2.75) is 13.5 Å². The predicted octanol–water partition coefficient (Wildman–Crippen LogP) is 3.04. The van der Waals surface area contributed by atoms with Crippen LogP contribution in [0.3, 0.4) is 0 Å². The fourth-order valence-electron chi connectivity index (χ4n) is 1.75. The van der Waals surface area contributed by atoms with Crippen LogP contribution in [0.15, 0.2) is 47.9 Å². The summed E-state index contributed by atoms with van der Waals surface area (Å²) in [5.74, 6) is -0.261. The third-order valence-electron chi connectivity index (χ3n) is 2.66. The highest BCUT2D eigenvalue weighted by atomic mass is 32.1. The summed E-state index contributed by atoms with van der Waals surface area (Å²) >= 11 is 1.58. The monoisotopic (exact) mass is 300 g/mol. The van der Waals surface area contributed by atoms with Crippen molar-refractivity contribution in [3.63, 3.8) is 0 Å². The maximum absolute atomic E-state index is 11.7. The quantitative estimate of drug-likeness (QED) is 0.834. The van der Waals surface area contributed by atoms with E-state index in [4.69, 9.17) is 0 Å². The van der Waals surface area contributed by atoms with Gasteiger partial charge in [-0.15, -0.1) is 11.3 Å². The third-order valence-corrected chi connectivity index (χ3v) is 3.49. The summed E-state index contributed by atoms with van der Waals surface area (Å²) in [5, 5.41) is 7.48. The average Bonchev–Trinajstić information content (AvgIpc) is 2.96. The van der Waals surface area contributed by atoms with Crippen LogP contribution in [-0.2, 0) is 16.1 Å². The molecule has 2 N–H and O–H groups in total. The summed E-state index contributed by atoms with van der Waals surface area (Å²) in [4.78, 5) is 23.8. The summed E-state index contributed by atoms with van der Waals surface area (Å²) in [6, 6.07) is 11.3. The van der Waals surface area contributed by atoms with Crippen molar-refractivity contribution in [3.05, 3.63) is 58.3 Å². The van der Waals surface area contributed by atoms with E-state index < -0.39 is 0 Å². The van der Waals surface area contributed by atoms with E-state index >= 15 is 0 Å². The third kappa shape index (κ3) is 5.24. The number of carbonyl (C=O) groups is 2. The Morgan fingerprint density at radius 3 is 2.81 bits per heavy atom. The van der Waals surface area contributed by atoms with Crippen LogP contribution in [0.25, 0.3) is 6.08 Å². The van der Waals surface area contributed by atoms with Crippen molar-refractivity contribution in [1.29, 1.82) is 0 Å². The number of hydrogen-bond acceptors (Lipinski definition) is 3. The minimum Gasteiger partial charge on any atom is -0.348 e. The van der Waals surface area contributed by atoms with Gasteiger partial charge in [-0.1, -0.05) is 18.2 Å². The molecule has 0 saturated carbocycles. The Bertz CT molecular complexity index is 648. The molecule has 0 unspecified atom stereocenters. The largest absolute Gasteiger partial charge is 0.348 e. The molecule has 0 fully saturated rings. The van der Waals surface area contributed by atoms with E-state index in [-0.39, 0.29) is 11.8 Å². The lowest BCUT2D eigenvalue weighted by molar-refractivity contribution is -0.116. The first kappa shape index (κ1) is 15.0. The summed E-state index contributed by atoms with van der Waals surface area (Å²) in [5.41, 5.74) is 1.66. The Morgan fingerprint density at radius 1 is 1.24 bits per heavy atom. The minimum atomic E-state index is -0.145. The lowest BCUT2D eigenvalue weighted by Gasteiger charge is -2.06. The molecule has 0 aliphatic rings. The van der Waals surface area contributed by atoms with E-state index in [1.165, 1.54) is 13.0 Å². The van der Waals surface area contributed by atoms with Gasteiger partial charge in [0.1, 0.15) is 0 Å². The van der Waals surface area contributed by atoms with Gasteiger partial charge in [0.25, 0.3) is 0 Å². The predicted molar refractivity (Wildman–Crippen MR) is 85.9 cm³/mol. The summed E-state index contributed by atoms with van der Waals surface area (Å²) in [7, 11) is 0. The Kier molecular flexibility index (Phi) is 5.29. The maximum Gasteiger partial charge on any atom is 0.244 e. The molecule has 2 rings (SSSR count).